The molecule has 2 N–H and O–H groups in total. The van der Waals surface area contributed by atoms with Crippen LogP contribution in [-0.4, -0.2) is 34.0 Å². The van der Waals surface area contributed by atoms with Crippen molar-refractivity contribution in [1.82, 2.24) is 4.98 Å². The third-order valence-corrected chi connectivity index (χ3v) is 4.05. The Morgan fingerprint density at radius 3 is 2.74 bits per heavy atom. The highest BCUT2D eigenvalue weighted by atomic mass is 16.5. The van der Waals surface area contributed by atoms with Gasteiger partial charge >= 0.3 is 0 Å². The smallest absolute Gasteiger partial charge is 0.216 e. The topological polar surface area (TPSA) is 71.8 Å². The maximum absolute atomic E-state index is 9.82. The molecule has 1 saturated heterocycles. The van der Waals surface area contributed by atoms with Gasteiger partial charge in [-0.3, -0.25) is 0 Å². The molecule has 0 radical (unpaired) electrons. The zero-order valence-corrected chi connectivity index (χ0v) is 13.1. The monoisotopic (exact) mass is 315 g/mol. The van der Waals surface area contributed by atoms with Crippen molar-refractivity contribution in [1.29, 1.82) is 0 Å². The summed E-state index contributed by atoms with van der Waals surface area (Å²) in [6, 6.07) is 11.9. The van der Waals surface area contributed by atoms with Gasteiger partial charge in [0.05, 0.1) is 18.8 Å². The molecule has 0 amide bonds. The molecule has 2 heterocycles. The van der Waals surface area contributed by atoms with Gasteiger partial charge in [-0.25, -0.2) is 4.98 Å². The molecule has 5 heteroatoms. The molecule has 0 bridgehead atoms. The molecule has 0 spiro atoms. The molecule has 1 aromatic carbocycles. The Balaban J connectivity index is 1.66. The van der Waals surface area contributed by atoms with Crippen LogP contribution >= 0.6 is 0 Å². The summed E-state index contributed by atoms with van der Waals surface area (Å²) >= 11 is 0. The largest absolute Gasteiger partial charge is 0.473 e. The lowest BCUT2D eigenvalue weighted by Gasteiger charge is -2.14. The number of aliphatic hydroxyl groups is 2. The van der Waals surface area contributed by atoms with Gasteiger partial charge < -0.3 is 19.7 Å². The fourth-order valence-electron chi connectivity index (χ4n) is 2.74. The number of hydrogen-bond acceptors (Lipinski definition) is 5. The van der Waals surface area contributed by atoms with Gasteiger partial charge in [-0.2, -0.15) is 0 Å². The highest BCUT2D eigenvalue weighted by molar-refractivity contribution is 5.30. The minimum atomic E-state index is -0.640. The van der Waals surface area contributed by atoms with Gasteiger partial charge in [-0.15, -0.1) is 0 Å². The number of hydrogen-bond donors (Lipinski definition) is 2. The molecular formula is C18H21NO4. The number of pyridine rings is 1. The summed E-state index contributed by atoms with van der Waals surface area (Å²) in [4.78, 5) is 4.37. The van der Waals surface area contributed by atoms with Gasteiger partial charge in [0.2, 0.25) is 5.88 Å². The number of aliphatic hydroxyl groups excluding tert-OH is 2. The van der Waals surface area contributed by atoms with Gasteiger partial charge in [-0.1, -0.05) is 30.3 Å². The van der Waals surface area contributed by atoms with E-state index in [0.717, 1.165) is 16.7 Å². The van der Waals surface area contributed by atoms with E-state index in [0.29, 0.717) is 18.9 Å². The van der Waals surface area contributed by atoms with Crippen molar-refractivity contribution in [3.63, 3.8) is 0 Å². The number of rotatable bonds is 5. The Morgan fingerprint density at radius 1 is 1.30 bits per heavy atom. The molecule has 122 valence electrons. The second kappa shape index (κ2) is 7.08. The number of aryl methyl sites for hydroxylation is 1. The molecule has 3 rings (SSSR count). The number of ether oxygens (including phenoxy) is 2. The Bertz CT molecular complexity index is 647. The van der Waals surface area contributed by atoms with Gasteiger partial charge in [0.25, 0.3) is 0 Å². The van der Waals surface area contributed by atoms with Gasteiger partial charge in [0, 0.05) is 18.2 Å². The highest BCUT2D eigenvalue weighted by Crippen LogP contribution is 2.34. The zero-order chi connectivity index (χ0) is 16.2. The third-order valence-electron chi connectivity index (χ3n) is 4.05. The van der Waals surface area contributed by atoms with Crippen molar-refractivity contribution in [2.24, 2.45) is 0 Å². The van der Waals surface area contributed by atoms with E-state index in [2.05, 4.69) is 4.98 Å². The Labute approximate surface area is 135 Å². The van der Waals surface area contributed by atoms with Crippen LogP contribution in [0, 0.1) is 6.92 Å². The molecule has 5 nitrogen and oxygen atoms in total. The maximum atomic E-state index is 9.82. The lowest BCUT2D eigenvalue weighted by atomic mass is 10.1. The van der Waals surface area contributed by atoms with Gasteiger partial charge in [-0.05, 0) is 24.1 Å². The first-order valence-electron chi connectivity index (χ1n) is 7.75. The fourth-order valence-corrected chi connectivity index (χ4v) is 2.74. The molecule has 0 unspecified atom stereocenters. The summed E-state index contributed by atoms with van der Waals surface area (Å²) in [5.41, 5.74) is 2.90. The molecule has 0 saturated carbocycles. The van der Waals surface area contributed by atoms with Crippen LogP contribution in [0.1, 0.15) is 29.2 Å². The summed E-state index contributed by atoms with van der Waals surface area (Å²) in [5.74, 6) is 0.592. The van der Waals surface area contributed by atoms with Crippen molar-refractivity contribution in [3.8, 4) is 5.88 Å². The molecular weight excluding hydrogens is 294 g/mol. The summed E-state index contributed by atoms with van der Waals surface area (Å²) in [6.07, 6.45) is 0.784. The predicted octanol–water partition coefficient (Wildman–Crippen LogP) is 2.15. The van der Waals surface area contributed by atoms with E-state index in [9.17, 15) is 5.11 Å². The standard InChI is InChI=1S/C18H21NO4/c1-12-7-14(16-8-15(21)17(10-20)23-16)9-19-18(12)22-11-13-5-3-2-4-6-13/h2-7,9,15-17,20-21H,8,10-11H2,1H3/t15-,16+,17+/m0/s1. The molecule has 1 aliphatic rings. The normalized spacial score (nSPS) is 23.9. The lowest BCUT2D eigenvalue weighted by Crippen LogP contribution is -2.24. The average Bonchev–Trinajstić information content (AvgIpc) is 2.95. The Morgan fingerprint density at radius 2 is 2.09 bits per heavy atom. The first kappa shape index (κ1) is 15.9. The molecule has 3 atom stereocenters. The van der Waals surface area contributed by atoms with Crippen LogP contribution in [-0.2, 0) is 11.3 Å². The molecule has 2 aromatic rings. The van der Waals surface area contributed by atoms with Gasteiger partial charge in [0.15, 0.2) is 0 Å². The van der Waals surface area contributed by atoms with E-state index >= 15 is 0 Å². The van der Waals surface area contributed by atoms with Crippen LogP contribution in [0.4, 0.5) is 0 Å². The molecule has 23 heavy (non-hydrogen) atoms. The van der Waals surface area contributed by atoms with Crippen LogP contribution in [0.5, 0.6) is 5.88 Å². The van der Waals surface area contributed by atoms with Gasteiger partial charge in [0.1, 0.15) is 12.7 Å². The minimum Gasteiger partial charge on any atom is -0.473 e. The fraction of sp³-hybridized carbons (Fsp3) is 0.389. The van der Waals surface area contributed by atoms with Crippen molar-refractivity contribution >= 4 is 0 Å². The number of benzene rings is 1. The molecule has 1 fully saturated rings. The quantitative estimate of drug-likeness (QED) is 0.884. The summed E-state index contributed by atoms with van der Waals surface area (Å²) < 4.78 is 11.4. The van der Waals surface area contributed by atoms with Crippen LogP contribution in [0.15, 0.2) is 42.6 Å². The summed E-state index contributed by atoms with van der Waals surface area (Å²) in [6.45, 7) is 2.23. The lowest BCUT2D eigenvalue weighted by molar-refractivity contribution is -0.0226. The van der Waals surface area contributed by atoms with E-state index in [4.69, 9.17) is 14.6 Å². The average molecular weight is 315 g/mol. The summed E-state index contributed by atoms with van der Waals surface area (Å²) in [5, 5.41) is 19.0. The number of nitrogens with zero attached hydrogens (tertiary/aromatic N) is 1. The van der Waals surface area contributed by atoms with E-state index in [-0.39, 0.29) is 12.7 Å². The number of aromatic nitrogens is 1. The van der Waals surface area contributed by atoms with Crippen LogP contribution in [0.3, 0.4) is 0 Å². The summed E-state index contributed by atoms with van der Waals surface area (Å²) in [7, 11) is 0. The molecule has 1 aliphatic heterocycles. The SMILES string of the molecule is Cc1cc([C@H]2C[C@H](O)[C@@H](CO)O2)cnc1OCc1ccccc1. The third kappa shape index (κ3) is 3.69. The van der Waals surface area contributed by atoms with E-state index in [1.165, 1.54) is 0 Å². The van der Waals surface area contributed by atoms with E-state index in [1.54, 1.807) is 6.20 Å². The Kier molecular flexibility index (Phi) is 4.91. The maximum Gasteiger partial charge on any atom is 0.216 e. The second-order valence-corrected chi connectivity index (χ2v) is 5.81. The zero-order valence-electron chi connectivity index (χ0n) is 13.1. The van der Waals surface area contributed by atoms with Crippen molar-refractivity contribution < 1.29 is 19.7 Å². The van der Waals surface area contributed by atoms with Crippen LogP contribution in [0.25, 0.3) is 0 Å². The second-order valence-electron chi connectivity index (χ2n) is 5.81. The van der Waals surface area contributed by atoms with Crippen molar-refractivity contribution in [2.75, 3.05) is 6.61 Å². The van der Waals surface area contributed by atoms with Crippen LogP contribution in [0.2, 0.25) is 0 Å². The molecule has 1 aromatic heterocycles. The van der Waals surface area contributed by atoms with Crippen LogP contribution < -0.4 is 4.74 Å². The first-order valence-corrected chi connectivity index (χ1v) is 7.75. The van der Waals surface area contributed by atoms with E-state index in [1.807, 2.05) is 43.3 Å². The minimum absolute atomic E-state index is 0.178. The van der Waals surface area contributed by atoms with Crippen molar-refractivity contribution in [3.05, 3.63) is 59.3 Å². The Hall–Kier alpha value is -1.95. The highest BCUT2D eigenvalue weighted by Gasteiger charge is 2.34. The predicted molar refractivity (Wildman–Crippen MR) is 85.1 cm³/mol. The molecule has 0 aliphatic carbocycles. The first-order chi connectivity index (χ1) is 11.2. The van der Waals surface area contributed by atoms with E-state index < -0.39 is 12.2 Å². The van der Waals surface area contributed by atoms with Crippen molar-refractivity contribution in [2.45, 2.75) is 38.3 Å².